The number of aromatic nitrogens is 2. The first-order valence-electron chi connectivity index (χ1n) is 8.36. The maximum absolute atomic E-state index is 12.3. The Bertz CT molecular complexity index is 774. The van der Waals surface area contributed by atoms with Gasteiger partial charge < -0.3 is 14.8 Å². The van der Waals surface area contributed by atoms with Crippen LogP contribution in [0.15, 0.2) is 41.1 Å². The highest BCUT2D eigenvalue weighted by molar-refractivity contribution is 9.10. The molecule has 1 atom stereocenters. The highest BCUT2D eigenvalue weighted by atomic mass is 79.9. The smallest absolute Gasteiger partial charge is 0.227 e. The van der Waals surface area contributed by atoms with Crippen molar-refractivity contribution < 1.29 is 9.59 Å². The predicted molar refractivity (Wildman–Crippen MR) is 99.2 cm³/mol. The van der Waals surface area contributed by atoms with E-state index in [9.17, 15) is 9.59 Å². The van der Waals surface area contributed by atoms with Crippen LogP contribution in [0.4, 0.5) is 5.69 Å². The van der Waals surface area contributed by atoms with Crippen LogP contribution in [-0.2, 0) is 16.1 Å². The number of hydrogen-bond acceptors (Lipinski definition) is 3. The average Bonchev–Trinajstić information content (AvgIpc) is 3.17. The van der Waals surface area contributed by atoms with Gasteiger partial charge in [0.05, 0.1) is 5.92 Å². The van der Waals surface area contributed by atoms with E-state index in [-0.39, 0.29) is 24.2 Å². The minimum atomic E-state index is -0.290. The summed E-state index contributed by atoms with van der Waals surface area (Å²) in [5.74, 6) is 0.624. The molecule has 1 aromatic heterocycles. The highest BCUT2D eigenvalue weighted by Crippen LogP contribution is 2.27. The second-order valence-corrected chi connectivity index (χ2v) is 7.11. The number of anilines is 1. The molecule has 0 aliphatic carbocycles. The number of nitrogens with one attached hydrogen (secondary N) is 1. The van der Waals surface area contributed by atoms with Crippen LogP contribution < -0.4 is 10.2 Å². The second-order valence-electron chi connectivity index (χ2n) is 6.20. The predicted octanol–water partition coefficient (Wildman–Crippen LogP) is 2.51. The molecule has 1 aromatic carbocycles. The minimum Gasteiger partial charge on any atom is -0.356 e. The fraction of sp³-hybridized carbons (Fsp3) is 0.389. The second kappa shape index (κ2) is 7.82. The normalized spacial score (nSPS) is 17.1. The molecule has 1 aliphatic heterocycles. The van der Waals surface area contributed by atoms with Gasteiger partial charge in [-0.05, 0) is 31.5 Å². The summed E-state index contributed by atoms with van der Waals surface area (Å²) in [5.41, 5.74) is 0.824. The summed E-state index contributed by atoms with van der Waals surface area (Å²) >= 11 is 3.41. The zero-order chi connectivity index (χ0) is 17.8. The molecule has 1 fully saturated rings. The number of nitrogens with zero attached hydrogens (tertiary/aromatic N) is 3. The van der Waals surface area contributed by atoms with Crippen LogP contribution in [0.5, 0.6) is 0 Å². The molecule has 2 amide bonds. The third-order valence-electron chi connectivity index (χ3n) is 4.41. The van der Waals surface area contributed by atoms with Gasteiger partial charge in [0.15, 0.2) is 0 Å². The molecule has 2 aromatic rings. The van der Waals surface area contributed by atoms with Gasteiger partial charge in [0.2, 0.25) is 11.8 Å². The summed E-state index contributed by atoms with van der Waals surface area (Å²) in [6.07, 6.45) is 4.80. The first-order valence-corrected chi connectivity index (χ1v) is 9.15. The van der Waals surface area contributed by atoms with Crippen molar-refractivity contribution in [2.45, 2.75) is 26.3 Å². The lowest BCUT2D eigenvalue weighted by molar-refractivity contribution is -0.126. The van der Waals surface area contributed by atoms with Crippen LogP contribution >= 0.6 is 15.9 Å². The van der Waals surface area contributed by atoms with Crippen LogP contribution in [0.1, 0.15) is 18.7 Å². The Morgan fingerprint density at radius 3 is 3.00 bits per heavy atom. The van der Waals surface area contributed by atoms with Crippen LogP contribution in [0.2, 0.25) is 0 Å². The molecular formula is C18H21BrN4O2. The number of carbonyl (C=O) groups excluding carboxylic acids is 2. The fourth-order valence-corrected chi connectivity index (χ4v) is 3.41. The van der Waals surface area contributed by atoms with Gasteiger partial charge in [-0.15, -0.1) is 0 Å². The third kappa shape index (κ3) is 4.28. The summed E-state index contributed by atoms with van der Waals surface area (Å²) in [5, 5.41) is 2.95. The van der Waals surface area contributed by atoms with Gasteiger partial charge in [0.1, 0.15) is 5.82 Å². The van der Waals surface area contributed by atoms with E-state index in [1.165, 1.54) is 0 Å². The standard InChI is InChI=1S/C18H21BrN4O2/c1-13-20-7-9-22(13)8-3-6-21-18(25)14-10-17(24)23(12-14)16-5-2-4-15(19)11-16/h2,4-5,7,9,11,14H,3,6,8,10,12H2,1H3,(H,21,25). The maximum Gasteiger partial charge on any atom is 0.227 e. The SMILES string of the molecule is Cc1nccn1CCCNC(=O)C1CC(=O)N(c2cccc(Br)c2)C1. The van der Waals surface area contributed by atoms with E-state index < -0.39 is 0 Å². The van der Waals surface area contributed by atoms with Crippen molar-refractivity contribution in [3.8, 4) is 0 Å². The van der Waals surface area contributed by atoms with Crippen molar-refractivity contribution in [1.82, 2.24) is 14.9 Å². The van der Waals surface area contributed by atoms with Gasteiger partial charge in [-0.1, -0.05) is 22.0 Å². The maximum atomic E-state index is 12.3. The Labute approximate surface area is 155 Å². The first-order chi connectivity index (χ1) is 12.0. The molecule has 6 nitrogen and oxygen atoms in total. The summed E-state index contributed by atoms with van der Waals surface area (Å²) < 4.78 is 2.97. The first kappa shape index (κ1) is 17.7. The molecule has 1 unspecified atom stereocenters. The highest BCUT2D eigenvalue weighted by Gasteiger charge is 2.34. The monoisotopic (exact) mass is 404 g/mol. The van der Waals surface area contributed by atoms with Crippen molar-refractivity contribution >= 4 is 33.4 Å². The van der Waals surface area contributed by atoms with Gasteiger partial charge in [0.25, 0.3) is 0 Å². The van der Waals surface area contributed by atoms with Crippen LogP contribution in [0.25, 0.3) is 0 Å². The van der Waals surface area contributed by atoms with E-state index >= 15 is 0 Å². The molecule has 3 rings (SSSR count). The lowest BCUT2D eigenvalue weighted by Crippen LogP contribution is -2.33. The van der Waals surface area contributed by atoms with Crippen molar-refractivity contribution in [2.75, 3.05) is 18.0 Å². The summed E-state index contributed by atoms with van der Waals surface area (Å²) in [7, 11) is 0. The van der Waals surface area contributed by atoms with Gasteiger partial charge >= 0.3 is 0 Å². The summed E-state index contributed by atoms with van der Waals surface area (Å²) in [6, 6.07) is 7.58. The number of hydrogen-bond donors (Lipinski definition) is 1. The summed E-state index contributed by atoms with van der Waals surface area (Å²) in [6.45, 7) is 3.80. The zero-order valence-electron chi connectivity index (χ0n) is 14.1. The molecule has 2 heterocycles. The molecule has 25 heavy (non-hydrogen) atoms. The van der Waals surface area contributed by atoms with E-state index in [1.807, 2.05) is 37.4 Å². The molecule has 1 saturated heterocycles. The molecule has 0 spiro atoms. The van der Waals surface area contributed by atoms with Crippen LogP contribution in [0.3, 0.4) is 0 Å². The molecule has 132 valence electrons. The number of benzene rings is 1. The summed E-state index contributed by atoms with van der Waals surface area (Å²) in [4.78, 5) is 30.4. The van der Waals surface area contributed by atoms with Crippen LogP contribution in [0, 0.1) is 12.8 Å². The molecule has 0 radical (unpaired) electrons. The Hall–Kier alpha value is -2.15. The number of imidazole rings is 1. The number of aryl methyl sites for hydroxylation is 2. The molecular weight excluding hydrogens is 384 g/mol. The minimum absolute atomic E-state index is 0.00714. The Morgan fingerprint density at radius 1 is 1.44 bits per heavy atom. The molecule has 0 bridgehead atoms. The molecule has 1 aliphatic rings. The Morgan fingerprint density at radius 2 is 2.28 bits per heavy atom. The fourth-order valence-electron chi connectivity index (χ4n) is 3.02. The molecule has 7 heteroatoms. The number of halogens is 1. The lowest BCUT2D eigenvalue weighted by atomic mass is 10.1. The van der Waals surface area contributed by atoms with Crippen molar-refractivity contribution in [3.63, 3.8) is 0 Å². The van der Waals surface area contributed by atoms with Crippen molar-refractivity contribution in [1.29, 1.82) is 0 Å². The quantitative estimate of drug-likeness (QED) is 0.752. The van der Waals surface area contributed by atoms with Crippen molar-refractivity contribution in [3.05, 3.63) is 47.0 Å². The number of carbonyl (C=O) groups is 2. The van der Waals surface area contributed by atoms with E-state index in [0.29, 0.717) is 13.1 Å². The Kier molecular flexibility index (Phi) is 5.53. The number of rotatable bonds is 6. The topological polar surface area (TPSA) is 67.2 Å². The zero-order valence-corrected chi connectivity index (χ0v) is 15.7. The Balaban J connectivity index is 1.48. The van der Waals surface area contributed by atoms with Gasteiger partial charge in [-0.3, -0.25) is 9.59 Å². The van der Waals surface area contributed by atoms with Gasteiger partial charge in [-0.25, -0.2) is 4.98 Å². The van der Waals surface area contributed by atoms with Crippen molar-refractivity contribution in [2.24, 2.45) is 5.92 Å². The van der Waals surface area contributed by atoms with E-state index in [1.54, 1.807) is 11.1 Å². The largest absolute Gasteiger partial charge is 0.356 e. The third-order valence-corrected chi connectivity index (χ3v) is 4.91. The molecule has 0 saturated carbocycles. The van der Waals surface area contributed by atoms with E-state index in [4.69, 9.17) is 0 Å². The average molecular weight is 405 g/mol. The van der Waals surface area contributed by atoms with Crippen LogP contribution in [-0.4, -0.2) is 34.5 Å². The van der Waals surface area contributed by atoms with Gasteiger partial charge in [-0.2, -0.15) is 0 Å². The van der Waals surface area contributed by atoms with E-state index in [0.717, 1.165) is 29.0 Å². The van der Waals surface area contributed by atoms with E-state index in [2.05, 4.69) is 30.8 Å². The molecule has 1 N–H and O–H groups in total. The number of amides is 2. The van der Waals surface area contributed by atoms with Gasteiger partial charge in [0, 0.05) is 48.6 Å². The lowest BCUT2D eigenvalue weighted by Gasteiger charge is -2.17.